The monoisotopic (exact) mass is 302 g/mol. The van der Waals surface area contributed by atoms with Crippen molar-refractivity contribution in [1.82, 2.24) is 0 Å². The second-order valence-electron chi connectivity index (χ2n) is 5.81. The van der Waals surface area contributed by atoms with Gasteiger partial charge in [0.15, 0.2) is 9.84 Å². The molecule has 0 saturated carbocycles. The number of rotatable bonds is 6. The van der Waals surface area contributed by atoms with E-state index in [0.717, 1.165) is 18.4 Å². The summed E-state index contributed by atoms with van der Waals surface area (Å²) < 4.78 is 23.2. The minimum atomic E-state index is -3.00. The van der Waals surface area contributed by atoms with Gasteiger partial charge in [-0.1, -0.05) is 36.8 Å². The van der Waals surface area contributed by atoms with Crippen LogP contribution in [0.2, 0.25) is 0 Å². The van der Waals surface area contributed by atoms with Gasteiger partial charge >= 0.3 is 0 Å². The fourth-order valence-electron chi connectivity index (χ4n) is 1.75. The normalized spacial score (nSPS) is 14.3. The summed E-state index contributed by atoms with van der Waals surface area (Å²) in [6.45, 7) is 5.24. The quantitative estimate of drug-likeness (QED) is 0.578. The Morgan fingerprint density at radius 3 is 2.21 bits per heavy atom. The summed E-state index contributed by atoms with van der Waals surface area (Å²) in [5.41, 5.74) is 1.10. The molecular weight excluding hydrogens is 280 g/mol. The van der Waals surface area contributed by atoms with Crippen molar-refractivity contribution >= 4 is 21.4 Å². The summed E-state index contributed by atoms with van der Waals surface area (Å²) in [5, 5.41) is -0.0291. The highest BCUT2D eigenvalue weighted by Gasteiger charge is 2.28. The molecule has 0 fully saturated rings. The van der Waals surface area contributed by atoms with Gasteiger partial charge in [0.1, 0.15) is 0 Å². The van der Waals surface area contributed by atoms with E-state index in [-0.39, 0.29) is 11.1 Å². The predicted octanol–water partition coefficient (Wildman–Crippen LogP) is 4.35. The van der Waals surface area contributed by atoms with E-state index < -0.39 is 14.6 Å². The third-order valence-corrected chi connectivity index (χ3v) is 6.38. The van der Waals surface area contributed by atoms with E-state index in [1.165, 1.54) is 0 Å². The fraction of sp³-hybridized carbons (Fsp3) is 0.600. The zero-order chi connectivity index (χ0) is 14.5. The van der Waals surface area contributed by atoms with Gasteiger partial charge in [-0.05, 0) is 39.2 Å². The summed E-state index contributed by atoms with van der Waals surface area (Å²) in [6, 6.07) is 9.90. The van der Waals surface area contributed by atoms with Gasteiger partial charge in [0.05, 0.1) is 15.9 Å². The van der Waals surface area contributed by atoms with Crippen molar-refractivity contribution in [3.8, 4) is 0 Å². The Morgan fingerprint density at radius 1 is 1.11 bits per heavy atom. The molecule has 19 heavy (non-hydrogen) atoms. The molecule has 1 atom stereocenters. The van der Waals surface area contributed by atoms with Gasteiger partial charge in [0, 0.05) is 0 Å². The van der Waals surface area contributed by atoms with Gasteiger partial charge in [-0.15, -0.1) is 11.6 Å². The van der Waals surface area contributed by atoms with E-state index in [1.54, 1.807) is 20.8 Å². The highest BCUT2D eigenvalue weighted by Crippen LogP contribution is 2.26. The zero-order valence-electron chi connectivity index (χ0n) is 11.9. The molecule has 1 aromatic carbocycles. The molecule has 0 aliphatic carbocycles. The number of alkyl halides is 1. The van der Waals surface area contributed by atoms with Crippen LogP contribution in [0.25, 0.3) is 0 Å². The van der Waals surface area contributed by atoms with Crippen LogP contribution in [0.1, 0.15) is 51.0 Å². The van der Waals surface area contributed by atoms with Crippen LogP contribution in [-0.4, -0.2) is 18.9 Å². The third-order valence-electron chi connectivity index (χ3n) is 3.21. The van der Waals surface area contributed by atoms with E-state index in [0.29, 0.717) is 6.42 Å². The molecule has 0 aliphatic heterocycles. The number of halogens is 1. The molecule has 0 spiro atoms. The van der Waals surface area contributed by atoms with Crippen molar-refractivity contribution in [1.29, 1.82) is 0 Å². The highest BCUT2D eigenvalue weighted by atomic mass is 35.5. The van der Waals surface area contributed by atoms with Gasteiger partial charge in [0.25, 0.3) is 0 Å². The first-order valence-corrected chi connectivity index (χ1v) is 8.74. The molecule has 0 aromatic heterocycles. The van der Waals surface area contributed by atoms with Gasteiger partial charge < -0.3 is 0 Å². The standard InChI is InChI=1S/C15H23ClO2S/c1-15(2,3)19(17,18)12-8-7-11-14(16)13-9-5-4-6-10-13/h4-6,9-10,14H,7-8,11-12H2,1-3H3. The minimum absolute atomic E-state index is 0.0291. The average Bonchev–Trinajstić information content (AvgIpc) is 2.34. The lowest BCUT2D eigenvalue weighted by Gasteiger charge is -2.19. The summed E-state index contributed by atoms with van der Waals surface area (Å²) in [7, 11) is -3.00. The van der Waals surface area contributed by atoms with Crippen molar-refractivity contribution in [3.05, 3.63) is 35.9 Å². The van der Waals surface area contributed by atoms with Crippen molar-refractivity contribution in [3.63, 3.8) is 0 Å². The number of unbranched alkanes of at least 4 members (excludes halogenated alkanes) is 1. The van der Waals surface area contributed by atoms with Gasteiger partial charge in [0.2, 0.25) is 0 Å². The van der Waals surface area contributed by atoms with Crippen LogP contribution < -0.4 is 0 Å². The van der Waals surface area contributed by atoms with Crippen LogP contribution in [0.3, 0.4) is 0 Å². The molecule has 2 nitrogen and oxygen atoms in total. The second kappa shape index (κ2) is 6.76. The number of hydrogen-bond donors (Lipinski definition) is 0. The summed E-state index contributed by atoms with van der Waals surface area (Å²) in [4.78, 5) is 0. The largest absolute Gasteiger partial charge is 0.228 e. The van der Waals surface area contributed by atoms with E-state index in [1.807, 2.05) is 30.3 Å². The van der Waals surface area contributed by atoms with E-state index in [2.05, 4.69) is 0 Å². The van der Waals surface area contributed by atoms with E-state index in [9.17, 15) is 8.42 Å². The van der Waals surface area contributed by atoms with Crippen molar-refractivity contribution < 1.29 is 8.42 Å². The molecule has 0 bridgehead atoms. The molecule has 0 N–H and O–H groups in total. The van der Waals surface area contributed by atoms with Crippen LogP contribution in [0.5, 0.6) is 0 Å². The number of hydrogen-bond acceptors (Lipinski definition) is 2. The number of benzene rings is 1. The topological polar surface area (TPSA) is 34.1 Å². The van der Waals surface area contributed by atoms with Gasteiger partial charge in [-0.2, -0.15) is 0 Å². The van der Waals surface area contributed by atoms with E-state index in [4.69, 9.17) is 11.6 Å². The molecule has 0 heterocycles. The smallest absolute Gasteiger partial charge is 0.155 e. The van der Waals surface area contributed by atoms with Crippen molar-refractivity contribution in [2.24, 2.45) is 0 Å². The molecule has 0 aliphatic rings. The van der Waals surface area contributed by atoms with Crippen LogP contribution >= 0.6 is 11.6 Å². The van der Waals surface area contributed by atoms with Crippen LogP contribution in [-0.2, 0) is 9.84 Å². The first-order chi connectivity index (χ1) is 8.74. The summed E-state index contributed by atoms with van der Waals surface area (Å²) in [6.07, 6.45) is 2.32. The Morgan fingerprint density at radius 2 is 1.68 bits per heavy atom. The van der Waals surface area contributed by atoms with Crippen LogP contribution in [0.15, 0.2) is 30.3 Å². The molecule has 108 valence electrons. The Bertz CT molecular complexity index is 475. The molecule has 0 amide bonds. The molecule has 0 radical (unpaired) electrons. The lowest BCUT2D eigenvalue weighted by molar-refractivity contribution is 0.554. The summed E-state index contributed by atoms with van der Waals surface area (Å²) >= 11 is 6.30. The van der Waals surface area contributed by atoms with Crippen LogP contribution in [0.4, 0.5) is 0 Å². The fourth-order valence-corrected chi connectivity index (χ4v) is 3.25. The molecular formula is C15H23ClO2S. The van der Waals surface area contributed by atoms with Crippen LogP contribution in [0, 0.1) is 0 Å². The Labute approximate surface area is 122 Å². The SMILES string of the molecule is CC(C)(C)S(=O)(=O)CCCCC(Cl)c1ccccc1. The molecule has 0 saturated heterocycles. The zero-order valence-corrected chi connectivity index (χ0v) is 13.5. The Balaban J connectivity index is 2.36. The summed E-state index contributed by atoms with van der Waals surface area (Å²) in [5.74, 6) is 0.245. The first-order valence-electron chi connectivity index (χ1n) is 6.65. The van der Waals surface area contributed by atoms with E-state index >= 15 is 0 Å². The molecule has 4 heteroatoms. The van der Waals surface area contributed by atoms with Gasteiger partial charge in [-0.3, -0.25) is 0 Å². The predicted molar refractivity (Wildman–Crippen MR) is 82.4 cm³/mol. The van der Waals surface area contributed by atoms with Crippen molar-refractivity contribution in [2.45, 2.75) is 50.2 Å². The maximum atomic E-state index is 11.9. The molecule has 1 unspecified atom stereocenters. The maximum Gasteiger partial charge on any atom is 0.155 e. The highest BCUT2D eigenvalue weighted by molar-refractivity contribution is 7.92. The minimum Gasteiger partial charge on any atom is -0.228 e. The second-order valence-corrected chi connectivity index (χ2v) is 9.19. The maximum absolute atomic E-state index is 11.9. The lowest BCUT2D eigenvalue weighted by Crippen LogP contribution is -2.30. The molecule has 1 aromatic rings. The first kappa shape index (κ1) is 16.5. The van der Waals surface area contributed by atoms with Gasteiger partial charge in [-0.25, -0.2) is 8.42 Å². The Kier molecular flexibility index (Phi) is 5.87. The average molecular weight is 303 g/mol. The lowest BCUT2D eigenvalue weighted by atomic mass is 10.1. The van der Waals surface area contributed by atoms with Crippen molar-refractivity contribution in [2.75, 3.05) is 5.75 Å². The number of sulfone groups is 1. The third kappa shape index (κ3) is 5.15. The Hall–Kier alpha value is -0.540. The molecule has 1 rings (SSSR count).